The van der Waals surface area contributed by atoms with Gasteiger partial charge in [0.25, 0.3) is 0 Å². The molecule has 0 saturated heterocycles. The quantitative estimate of drug-likeness (QED) is 0.804. The van der Waals surface area contributed by atoms with E-state index >= 15 is 0 Å². The summed E-state index contributed by atoms with van der Waals surface area (Å²) in [5, 5.41) is 8.78. The first kappa shape index (κ1) is 10.6. The minimum absolute atomic E-state index is 0.256. The molecule has 0 spiro atoms. The lowest BCUT2D eigenvalue weighted by atomic mass is 10.0. The van der Waals surface area contributed by atoms with Gasteiger partial charge in [-0.1, -0.05) is 19.9 Å². The van der Waals surface area contributed by atoms with E-state index in [0.29, 0.717) is 11.7 Å². The Morgan fingerprint density at radius 2 is 2.07 bits per heavy atom. The van der Waals surface area contributed by atoms with Crippen molar-refractivity contribution in [3.8, 4) is 5.75 Å². The molecule has 1 aromatic rings. The maximum absolute atomic E-state index is 10.7. The van der Waals surface area contributed by atoms with Crippen molar-refractivity contribution >= 4 is 5.97 Å². The summed E-state index contributed by atoms with van der Waals surface area (Å²) in [6, 6.07) is 4.95. The molecule has 3 heteroatoms. The molecular weight excluding hydrogens is 180 g/mol. The summed E-state index contributed by atoms with van der Waals surface area (Å²) in [6.07, 6.45) is 0. The van der Waals surface area contributed by atoms with Crippen molar-refractivity contribution in [3.63, 3.8) is 0 Å². The summed E-state index contributed by atoms with van der Waals surface area (Å²) < 4.78 is 5.13. The molecule has 0 saturated carbocycles. The van der Waals surface area contributed by atoms with Crippen molar-refractivity contribution in [2.24, 2.45) is 0 Å². The Labute approximate surface area is 83.3 Å². The third-order valence-corrected chi connectivity index (χ3v) is 2.10. The summed E-state index contributed by atoms with van der Waals surface area (Å²) in [5.74, 6) is 0.0336. The zero-order valence-electron chi connectivity index (χ0n) is 8.57. The lowest BCUT2D eigenvalue weighted by Crippen LogP contribution is -2.00. The Morgan fingerprint density at radius 1 is 1.43 bits per heavy atom. The fraction of sp³-hybridized carbons (Fsp3) is 0.364. The topological polar surface area (TPSA) is 46.5 Å². The van der Waals surface area contributed by atoms with E-state index in [-0.39, 0.29) is 5.56 Å². The lowest BCUT2D eigenvalue weighted by molar-refractivity contribution is 0.0696. The van der Waals surface area contributed by atoms with Crippen molar-refractivity contribution in [2.75, 3.05) is 7.11 Å². The normalized spacial score (nSPS) is 10.3. The number of methoxy groups -OCH3 is 1. The first-order valence-corrected chi connectivity index (χ1v) is 4.47. The average molecular weight is 194 g/mol. The predicted octanol–water partition coefficient (Wildman–Crippen LogP) is 2.52. The van der Waals surface area contributed by atoms with Crippen LogP contribution < -0.4 is 4.74 Å². The summed E-state index contributed by atoms with van der Waals surface area (Å²) in [4.78, 5) is 10.7. The highest BCUT2D eigenvalue weighted by Gasteiger charge is 2.10. The molecule has 1 aromatic carbocycles. The molecule has 0 aliphatic rings. The van der Waals surface area contributed by atoms with Gasteiger partial charge in [-0.3, -0.25) is 0 Å². The van der Waals surface area contributed by atoms with Gasteiger partial charge in [0.15, 0.2) is 0 Å². The van der Waals surface area contributed by atoms with Crippen LogP contribution in [0.3, 0.4) is 0 Å². The number of rotatable bonds is 3. The summed E-state index contributed by atoms with van der Waals surface area (Å²) in [6.45, 7) is 4.08. The molecule has 1 rings (SSSR count). The Morgan fingerprint density at radius 3 is 2.50 bits per heavy atom. The smallest absolute Gasteiger partial charge is 0.335 e. The molecule has 0 unspecified atom stereocenters. The van der Waals surface area contributed by atoms with Crippen LogP contribution in [-0.2, 0) is 0 Å². The highest BCUT2D eigenvalue weighted by molar-refractivity contribution is 5.88. The second-order valence-corrected chi connectivity index (χ2v) is 3.42. The van der Waals surface area contributed by atoms with Gasteiger partial charge < -0.3 is 9.84 Å². The van der Waals surface area contributed by atoms with E-state index in [0.717, 1.165) is 5.56 Å². The molecule has 0 aliphatic heterocycles. The number of carboxylic acid groups (broad SMARTS) is 1. The van der Waals surface area contributed by atoms with Gasteiger partial charge in [0.05, 0.1) is 12.7 Å². The van der Waals surface area contributed by atoms with E-state index < -0.39 is 5.97 Å². The molecular formula is C11H14O3. The molecule has 0 heterocycles. The molecule has 0 bridgehead atoms. The van der Waals surface area contributed by atoms with Gasteiger partial charge in [0, 0.05) is 0 Å². The standard InChI is InChI=1S/C11H14O3/c1-7(2)9-5-4-8(11(12)13)6-10(9)14-3/h4-7H,1-3H3,(H,12,13). The zero-order chi connectivity index (χ0) is 10.7. The first-order chi connectivity index (χ1) is 6.56. The number of benzene rings is 1. The Balaban J connectivity index is 3.18. The minimum atomic E-state index is -0.932. The van der Waals surface area contributed by atoms with Crippen LogP contribution in [0.4, 0.5) is 0 Å². The van der Waals surface area contributed by atoms with Crippen LogP contribution in [0.15, 0.2) is 18.2 Å². The average Bonchev–Trinajstić information content (AvgIpc) is 2.16. The van der Waals surface area contributed by atoms with Crippen LogP contribution in [-0.4, -0.2) is 18.2 Å². The van der Waals surface area contributed by atoms with Gasteiger partial charge in [-0.05, 0) is 23.6 Å². The second kappa shape index (κ2) is 4.13. The fourth-order valence-electron chi connectivity index (χ4n) is 1.32. The van der Waals surface area contributed by atoms with Crippen LogP contribution in [0, 0.1) is 0 Å². The van der Waals surface area contributed by atoms with Gasteiger partial charge in [0.1, 0.15) is 5.75 Å². The number of carbonyl (C=O) groups is 1. The third-order valence-electron chi connectivity index (χ3n) is 2.10. The number of ether oxygens (including phenoxy) is 1. The van der Waals surface area contributed by atoms with E-state index in [2.05, 4.69) is 0 Å². The van der Waals surface area contributed by atoms with E-state index in [4.69, 9.17) is 9.84 Å². The molecule has 0 amide bonds. The van der Waals surface area contributed by atoms with Gasteiger partial charge in [-0.25, -0.2) is 4.79 Å². The van der Waals surface area contributed by atoms with Gasteiger partial charge in [0.2, 0.25) is 0 Å². The predicted molar refractivity (Wildman–Crippen MR) is 54.0 cm³/mol. The second-order valence-electron chi connectivity index (χ2n) is 3.42. The van der Waals surface area contributed by atoms with E-state index in [1.807, 2.05) is 13.8 Å². The van der Waals surface area contributed by atoms with Crippen molar-refractivity contribution in [1.82, 2.24) is 0 Å². The number of aromatic carboxylic acids is 1. The summed E-state index contributed by atoms with van der Waals surface area (Å²) >= 11 is 0. The number of carboxylic acids is 1. The number of hydrogen-bond acceptors (Lipinski definition) is 2. The van der Waals surface area contributed by atoms with Crippen LogP contribution in [0.25, 0.3) is 0 Å². The first-order valence-electron chi connectivity index (χ1n) is 4.47. The zero-order valence-corrected chi connectivity index (χ0v) is 8.57. The van der Waals surface area contributed by atoms with Gasteiger partial charge in [-0.2, -0.15) is 0 Å². The van der Waals surface area contributed by atoms with Crippen molar-refractivity contribution < 1.29 is 14.6 Å². The summed E-state index contributed by atoms with van der Waals surface area (Å²) in [5.41, 5.74) is 1.28. The molecule has 0 radical (unpaired) electrons. The van der Waals surface area contributed by atoms with Crippen LogP contribution >= 0.6 is 0 Å². The van der Waals surface area contributed by atoms with Crippen molar-refractivity contribution in [3.05, 3.63) is 29.3 Å². The molecule has 0 atom stereocenters. The van der Waals surface area contributed by atoms with E-state index in [9.17, 15) is 4.79 Å². The minimum Gasteiger partial charge on any atom is -0.496 e. The molecule has 76 valence electrons. The highest BCUT2D eigenvalue weighted by Crippen LogP contribution is 2.27. The third kappa shape index (κ3) is 2.05. The molecule has 1 N–H and O–H groups in total. The maximum atomic E-state index is 10.7. The van der Waals surface area contributed by atoms with Crippen LogP contribution in [0.5, 0.6) is 5.75 Å². The van der Waals surface area contributed by atoms with Crippen LogP contribution in [0.2, 0.25) is 0 Å². The maximum Gasteiger partial charge on any atom is 0.335 e. The largest absolute Gasteiger partial charge is 0.496 e. The Kier molecular flexibility index (Phi) is 3.12. The highest BCUT2D eigenvalue weighted by atomic mass is 16.5. The SMILES string of the molecule is COc1cc(C(=O)O)ccc1C(C)C. The Bertz CT molecular complexity index is 342. The lowest BCUT2D eigenvalue weighted by Gasteiger charge is -2.11. The van der Waals surface area contributed by atoms with Crippen molar-refractivity contribution in [2.45, 2.75) is 19.8 Å². The van der Waals surface area contributed by atoms with E-state index in [1.54, 1.807) is 25.3 Å². The number of hydrogen-bond donors (Lipinski definition) is 1. The van der Waals surface area contributed by atoms with Gasteiger partial charge in [-0.15, -0.1) is 0 Å². The monoisotopic (exact) mass is 194 g/mol. The van der Waals surface area contributed by atoms with Gasteiger partial charge >= 0.3 is 5.97 Å². The summed E-state index contributed by atoms with van der Waals surface area (Å²) in [7, 11) is 1.55. The van der Waals surface area contributed by atoms with Crippen molar-refractivity contribution in [1.29, 1.82) is 0 Å². The van der Waals surface area contributed by atoms with Crippen LogP contribution in [0.1, 0.15) is 35.7 Å². The molecule has 14 heavy (non-hydrogen) atoms. The molecule has 0 aromatic heterocycles. The Hall–Kier alpha value is -1.51. The molecule has 0 aliphatic carbocycles. The van der Waals surface area contributed by atoms with E-state index in [1.165, 1.54) is 0 Å². The fourth-order valence-corrected chi connectivity index (χ4v) is 1.32. The molecule has 3 nitrogen and oxygen atoms in total. The molecule has 0 fully saturated rings.